The van der Waals surface area contributed by atoms with Crippen molar-refractivity contribution in [3.63, 3.8) is 0 Å². The van der Waals surface area contributed by atoms with Crippen LogP contribution >= 0.6 is 0 Å². The summed E-state index contributed by atoms with van der Waals surface area (Å²) in [5.41, 5.74) is 2.10. The molecule has 3 atom stereocenters. The number of hydrogen-bond acceptors (Lipinski definition) is 4. The third-order valence-electron chi connectivity index (χ3n) is 5.24. The maximum atomic E-state index is 13.1. The number of sulfone groups is 1. The minimum absolute atomic E-state index is 0.118. The molecule has 0 aromatic heterocycles. The molecule has 1 saturated heterocycles. The Labute approximate surface area is 147 Å². The summed E-state index contributed by atoms with van der Waals surface area (Å²) in [6, 6.07) is 11.0. The molecule has 6 heteroatoms. The van der Waals surface area contributed by atoms with Crippen LogP contribution in [-0.4, -0.2) is 27.0 Å². The van der Waals surface area contributed by atoms with Gasteiger partial charge in [-0.05, 0) is 74.3 Å². The first-order valence-corrected chi connectivity index (χ1v) is 10.1. The van der Waals surface area contributed by atoms with E-state index in [0.29, 0.717) is 18.0 Å². The first-order valence-electron chi connectivity index (χ1n) is 8.59. The standard InChI is InChI=1S/C19H21FN2O2S/c1-12-10-16-17-11-15(6-7-18(17)22-19(16)8-9-21-12)25(23,24)14-4-2-13(20)3-5-14/h2-7,11-12,16,19,21-22H,8-10H2,1H3/t12?,16-,19?/m1/s1. The van der Waals surface area contributed by atoms with Crippen LogP contribution in [0.25, 0.3) is 0 Å². The Morgan fingerprint density at radius 2 is 1.80 bits per heavy atom. The topological polar surface area (TPSA) is 58.2 Å². The lowest BCUT2D eigenvalue weighted by Crippen LogP contribution is -2.25. The highest BCUT2D eigenvalue weighted by atomic mass is 32.2. The summed E-state index contributed by atoms with van der Waals surface area (Å²) >= 11 is 0. The van der Waals surface area contributed by atoms with Crippen LogP contribution in [0.15, 0.2) is 52.3 Å². The Morgan fingerprint density at radius 1 is 1.08 bits per heavy atom. The number of nitrogens with one attached hydrogen (secondary N) is 2. The molecule has 2 heterocycles. The van der Waals surface area contributed by atoms with E-state index >= 15 is 0 Å². The van der Waals surface area contributed by atoms with Crippen LogP contribution in [0.1, 0.15) is 31.2 Å². The fourth-order valence-electron chi connectivity index (χ4n) is 3.93. The van der Waals surface area contributed by atoms with Gasteiger partial charge in [0.05, 0.1) is 9.79 Å². The molecule has 2 N–H and O–H groups in total. The zero-order chi connectivity index (χ0) is 17.6. The highest BCUT2D eigenvalue weighted by Gasteiger charge is 2.35. The number of benzene rings is 2. The monoisotopic (exact) mass is 360 g/mol. The quantitative estimate of drug-likeness (QED) is 0.807. The Kier molecular flexibility index (Phi) is 4.04. The molecule has 0 radical (unpaired) electrons. The normalized spacial score (nSPS) is 25.6. The van der Waals surface area contributed by atoms with Gasteiger partial charge in [-0.2, -0.15) is 0 Å². The van der Waals surface area contributed by atoms with Crippen molar-refractivity contribution in [3.8, 4) is 0 Å². The van der Waals surface area contributed by atoms with Gasteiger partial charge >= 0.3 is 0 Å². The largest absolute Gasteiger partial charge is 0.381 e. The summed E-state index contributed by atoms with van der Waals surface area (Å²) in [6.45, 7) is 3.13. The molecule has 0 aliphatic carbocycles. The van der Waals surface area contributed by atoms with Crippen LogP contribution in [0.5, 0.6) is 0 Å². The number of fused-ring (bicyclic) bond motifs is 3. The Morgan fingerprint density at radius 3 is 2.56 bits per heavy atom. The number of anilines is 1. The second kappa shape index (κ2) is 6.11. The predicted octanol–water partition coefficient (Wildman–Crippen LogP) is 3.31. The molecule has 25 heavy (non-hydrogen) atoms. The van der Waals surface area contributed by atoms with Crippen molar-refractivity contribution in [2.45, 2.75) is 47.6 Å². The minimum atomic E-state index is -3.65. The predicted molar refractivity (Wildman–Crippen MR) is 95.1 cm³/mol. The van der Waals surface area contributed by atoms with E-state index in [1.165, 1.54) is 24.3 Å². The fraction of sp³-hybridized carbons (Fsp3) is 0.368. The molecule has 0 spiro atoms. The van der Waals surface area contributed by atoms with Crippen LogP contribution < -0.4 is 10.6 Å². The highest BCUT2D eigenvalue weighted by Crippen LogP contribution is 2.42. The first kappa shape index (κ1) is 16.5. The summed E-state index contributed by atoms with van der Waals surface area (Å²) in [5.74, 6) is -0.136. The van der Waals surface area contributed by atoms with Crippen molar-refractivity contribution in [2.24, 2.45) is 0 Å². The lowest BCUT2D eigenvalue weighted by Gasteiger charge is -2.18. The van der Waals surface area contributed by atoms with Gasteiger partial charge in [0, 0.05) is 23.7 Å². The molecule has 2 aliphatic rings. The van der Waals surface area contributed by atoms with Crippen molar-refractivity contribution < 1.29 is 12.8 Å². The van der Waals surface area contributed by atoms with E-state index in [0.717, 1.165) is 30.6 Å². The average molecular weight is 360 g/mol. The van der Waals surface area contributed by atoms with E-state index in [-0.39, 0.29) is 9.79 Å². The van der Waals surface area contributed by atoms with Crippen molar-refractivity contribution >= 4 is 15.5 Å². The summed E-state index contributed by atoms with van der Waals surface area (Å²) < 4.78 is 38.9. The molecule has 0 bridgehead atoms. The van der Waals surface area contributed by atoms with Crippen molar-refractivity contribution in [1.29, 1.82) is 0 Å². The number of hydrogen-bond donors (Lipinski definition) is 2. The van der Waals surface area contributed by atoms with Crippen LogP contribution in [0.2, 0.25) is 0 Å². The molecule has 0 amide bonds. The van der Waals surface area contributed by atoms with Crippen LogP contribution in [0, 0.1) is 5.82 Å². The third kappa shape index (κ3) is 2.93. The van der Waals surface area contributed by atoms with E-state index in [9.17, 15) is 12.8 Å². The van der Waals surface area contributed by atoms with Gasteiger partial charge in [-0.15, -0.1) is 0 Å². The molecule has 4 rings (SSSR count). The van der Waals surface area contributed by atoms with E-state index in [2.05, 4.69) is 17.6 Å². The molecule has 4 nitrogen and oxygen atoms in total. The highest BCUT2D eigenvalue weighted by molar-refractivity contribution is 7.91. The number of rotatable bonds is 2. The third-order valence-corrected chi connectivity index (χ3v) is 7.01. The van der Waals surface area contributed by atoms with Crippen LogP contribution in [-0.2, 0) is 9.84 Å². The molecule has 132 valence electrons. The van der Waals surface area contributed by atoms with Gasteiger partial charge < -0.3 is 10.6 Å². The molecule has 1 fully saturated rings. The van der Waals surface area contributed by atoms with Gasteiger partial charge in [0.15, 0.2) is 0 Å². The van der Waals surface area contributed by atoms with Gasteiger partial charge in [-0.25, -0.2) is 12.8 Å². The van der Waals surface area contributed by atoms with E-state index < -0.39 is 15.7 Å². The van der Waals surface area contributed by atoms with Crippen molar-refractivity contribution in [1.82, 2.24) is 5.32 Å². The maximum absolute atomic E-state index is 13.1. The Hall–Kier alpha value is -1.92. The van der Waals surface area contributed by atoms with Crippen LogP contribution in [0.4, 0.5) is 10.1 Å². The van der Waals surface area contributed by atoms with E-state index in [1.54, 1.807) is 12.1 Å². The van der Waals surface area contributed by atoms with Gasteiger partial charge in [-0.1, -0.05) is 0 Å². The molecule has 0 saturated carbocycles. The van der Waals surface area contributed by atoms with Gasteiger partial charge in [0.1, 0.15) is 5.82 Å². The van der Waals surface area contributed by atoms with E-state index in [1.807, 2.05) is 6.07 Å². The molecule has 2 unspecified atom stereocenters. The summed E-state index contributed by atoms with van der Waals surface area (Å²) in [6.07, 6.45) is 1.99. The Bertz CT molecular complexity index is 896. The summed E-state index contributed by atoms with van der Waals surface area (Å²) in [5, 5.41) is 7.02. The van der Waals surface area contributed by atoms with Crippen molar-refractivity contribution in [2.75, 3.05) is 11.9 Å². The smallest absolute Gasteiger partial charge is 0.206 e. The van der Waals surface area contributed by atoms with Gasteiger partial charge in [0.25, 0.3) is 0 Å². The van der Waals surface area contributed by atoms with Gasteiger partial charge in [0.2, 0.25) is 9.84 Å². The molecule has 2 aromatic rings. The first-order chi connectivity index (χ1) is 11.9. The molecule has 2 aliphatic heterocycles. The fourth-order valence-corrected chi connectivity index (χ4v) is 5.22. The second-order valence-corrected chi connectivity index (χ2v) is 8.89. The SMILES string of the molecule is CC1C[C@@H]2c3cc(S(=O)(=O)c4ccc(F)cc4)ccc3NC2CCN1. The summed E-state index contributed by atoms with van der Waals surface area (Å²) in [4.78, 5) is 0.387. The van der Waals surface area contributed by atoms with Gasteiger partial charge in [-0.3, -0.25) is 0 Å². The van der Waals surface area contributed by atoms with Crippen LogP contribution in [0.3, 0.4) is 0 Å². The minimum Gasteiger partial charge on any atom is -0.381 e. The summed E-state index contributed by atoms with van der Waals surface area (Å²) in [7, 11) is -3.65. The van der Waals surface area contributed by atoms with Crippen molar-refractivity contribution in [3.05, 3.63) is 53.8 Å². The second-order valence-electron chi connectivity index (χ2n) is 6.94. The number of halogens is 1. The zero-order valence-electron chi connectivity index (χ0n) is 14.0. The maximum Gasteiger partial charge on any atom is 0.206 e. The zero-order valence-corrected chi connectivity index (χ0v) is 14.8. The van der Waals surface area contributed by atoms with E-state index in [4.69, 9.17) is 0 Å². The molecular formula is C19H21FN2O2S. The lowest BCUT2D eigenvalue weighted by molar-refractivity contribution is 0.511. The molecular weight excluding hydrogens is 339 g/mol. The lowest BCUT2D eigenvalue weighted by atomic mass is 9.89. The Balaban J connectivity index is 1.73. The average Bonchev–Trinajstić information content (AvgIpc) is 2.81. The molecule has 2 aromatic carbocycles.